The van der Waals surface area contributed by atoms with E-state index in [0.717, 1.165) is 22.2 Å². The number of hydrogen-bond acceptors (Lipinski definition) is 7. The number of carbonyl (C=O) groups is 4. The second kappa shape index (κ2) is 18.8. The molecule has 1 aromatic heterocycles. The molecule has 0 saturated heterocycles. The summed E-state index contributed by atoms with van der Waals surface area (Å²) in [4.78, 5) is 66.3. The Morgan fingerprint density at radius 1 is 0.414 bits per heavy atom. The second-order valence-corrected chi connectivity index (χ2v) is 18.5. The number of hydrogen-bond donors (Lipinski definition) is 0. The molecule has 0 atom stereocenters. The van der Waals surface area contributed by atoms with Crippen molar-refractivity contribution in [1.29, 1.82) is 0 Å². The highest BCUT2D eigenvalue weighted by Gasteiger charge is 2.41. The zero-order chi connectivity index (χ0) is 49.3. The lowest BCUT2D eigenvalue weighted by molar-refractivity contribution is 0.0357. The minimum absolute atomic E-state index is 0.0942. The predicted octanol–water partition coefficient (Wildman–Crippen LogP) is 12.5. The van der Waals surface area contributed by atoms with Gasteiger partial charge >= 0.3 is 5.69 Å². The number of carbonyl (C=O) groups excluding carboxylic acids is 4. The highest BCUT2D eigenvalue weighted by atomic mass is 16.5. The van der Waals surface area contributed by atoms with Gasteiger partial charge in [-0.05, 0) is 111 Å². The summed E-state index contributed by atoms with van der Waals surface area (Å²) < 4.78 is 15.9. The third-order valence-corrected chi connectivity index (χ3v) is 13.4. The Bertz CT molecular complexity index is 3470. The van der Waals surface area contributed by atoms with Gasteiger partial charge in [-0.15, -0.1) is 0 Å². The van der Waals surface area contributed by atoms with Gasteiger partial charge in [0.15, 0.2) is 23.1 Å². The molecule has 346 valence electrons. The van der Waals surface area contributed by atoms with Crippen LogP contribution in [0.25, 0.3) is 16.7 Å². The van der Waals surface area contributed by atoms with Crippen molar-refractivity contribution < 1.29 is 28.7 Å². The van der Waals surface area contributed by atoms with Gasteiger partial charge < -0.3 is 9.47 Å². The summed E-state index contributed by atoms with van der Waals surface area (Å²) in [6.45, 7) is 10.2. The molecule has 9 aromatic rings. The van der Waals surface area contributed by atoms with Crippen molar-refractivity contribution in [2.45, 2.75) is 45.6 Å². The number of aryl methyl sites for hydroxylation is 2. The van der Waals surface area contributed by atoms with Crippen LogP contribution < -0.4 is 15.2 Å². The molecule has 0 N–H and O–H groups in total. The minimum Gasteiger partial charge on any atom is -0.487 e. The zero-order valence-corrected chi connectivity index (χ0v) is 39.7. The van der Waals surface area contributed by atoms with Crippen molar-refractivity contribution in [2.75, 3.05) is 0 Å². The molecule has 1 heterocycles. The molecule has 0 aliphatic heterocycles. The minimum atomic E-state index is -0.684. The molecule has 0 spiro atoms. The maximum atomic E-state index is 13.6. The van der Waals surface area contributed by atoms with E-state index in [1.165, 1.54) is 0 Å². The predicted molar refractivity (Wildman–Crippen MR) is 273 cm³/mol. The van der Waals surface area contributed by atoms with Crippen molar-refractivity contribution in [3.05, 3.63) is 260 Å². The van der Waals surface area contributed by atoms with Crippen LogP contribution in [-0.2, 0) is 12.5 Å². The molecule has 0 aliphatic carbocycles. The van der Waals surface area contributed by atoms with E-state index in [1.54, 1.807) is 125 Å². The number of para-hydroxylation sites is 2. The van der Waals surface area contributed by atoms with Crippen molar-refractivity contribution in [3.8, 4) is 22.9 Å². The molecule has 8 aromatic carbocycles. The molecule has 9 heteroatoms. The molecule has 9 nitrogen and oxygen atoms in total. The number of nitrogens with zero attached hydrogens (tertiary/aromatic N) is 2. The Balaban J connectivity index is 0.787. The number of fused-ring (bicyclic) bond motifs is 1. The summed E-state index contributed by atoms with van der Waals surface area (Å²) in [5.74, 6) is 1.21. The molecular formula is C61H50N2O7. The van der Waals surface area contributed by atoms with Crippen molar-refractivity contribution in [2.24, 2.45) is 7.05 Å². The molecule has 0 unspecified atom stereocenters. The highest BCUT2D eigenvalue weighted by Crippen LogP contribution is 2.39. The monoisotopic (exact) mass is 922 g/mol. The Kier molecular flexibility index (Phi) is 12.4. The number of rotatable bonds is 15. The highest BCUT2D eigenvalue weighted by molar-refractivity contribution is 6.13. The van der Waals surface area contributed by atoms with Gasteiger partial charge in [-0.1, -0.05) is 129 Å². The van der Waals surface area contributed by atoms with Gasteiger partial charge in [0, 0.05) is 57.0 Å². The first-order chi connectivity index (χ1) is 33.6. The first-order valence-corrected chi connectivity index (χ1v) is 23.0. The lowest BCUT2D eigenvalue weighted by Gasteiger charge is -2.42. The molecule has 0 amide bonds. The maximum absolute atomic E-state index is 13.6. The third kappa shape index (κ3) is 9.17. The fourth-order valence-electron chi connectivity index (χ4n) is 8.42. The Hall–Kier alpha value is -8.69. The van der Waals surface area contributed by atoms with Crippen LogP contribution in [0.4, 0.5) is 0 Å². The fourth-order valence-corrected chi connectivity index (χ4v) is 8.42. The van der Waals surface area contributed by atoms with E-state index in [0.29, 0.717) is 67.4 Å². The average molecular weight is 923 g/mol. The Labute approximate surface area is 406 Å². The maximum Gasteiger partial charge on any atom is 0.333 e. The van der Waals surface area contributed by atoms with E-state index in [-0.39, 0.29) is 28.8 Å². The molecule has 9 rings (SSSR count). The van der Waals surface area contributed by atoms with Gasteiger partial charge in [0.2, 0.25) is 0 Å². The number of benzene rings is 8. The molecule has 0 bridgehead atoms. The Morgan fingerprint density at radius 3 is 1.17 bits per heavy atom. The SMILES string of the molecule is Cc1ccc(C(=O)c2ccc(C(=O)c3ccc(Oc4ccc(OC(C)(C)C(C)(C)c5ccc(C(=O)c6ccc(C(=O)c7ccc(-n8c(=O)n(C)c9ccccc98)cc7)cc6)cc5)cc4)cc3)cc2)cc1. The molecule has 70 heavy (non-hydrogen) atoms. The normalized spacial score (nSPS) is 11.6. The fraction of sp³-hybridized carbons (Fsp3) is 0.131. The number of aromatic nitrogens is 2. The summed E-state index contributed by atoms with van der Waals surface area (Å²) in [7, 11) is 1.74. The molecule has 0 radical (unpaired) electrons. The van der Waals surface area contributed by atoms with Gasteiger partial charge in [0.05, 0.1) is 16.7 Å². The van der Waals surface area contributed by atoms with Gasteiger partial charge in [0.25, 0.3) is 0 Å². The molecule has 0 aliphatic rings. The Morgan fingerprint density at radius 2 is 0.743 bits per heavy atom. The van der Waals surface area contributed by atoms with E-state index in [1.807, 2.05) is 106 Å². The smallest absolute Gasteiger partial charge is 0.333 e. The molecular weight excluding hydrogens is 873 g/mol. The summed E-state index contributed by atoms with van der Waals surface area (Å²) in [6.07, 6.45) is 0. The van der Waals surface area contributed by atoms with Crippen molar-refractivity contribution >= 4 is 34.2 Å². The van der Waals surface area contributed by atoms with Crippen LogP contribution in [0.3, 0.4) is 0 Å². The van der Waals surface area contributed by atoms with Crippen LogP contribution in [0.15, 0.2) is 199 Å². The van der Waals surface area contributed by atoms with E-state index < -0.39 is 11.0 Å². The molecule has 0 saturated carbocycles. The second-order valence-electron chi connectivity index (χ2n) is 18.5. The third-order valence-electron chi connectivity index (χ3n) is 13.4. The van der Waals surface area contributed by atoms with Gasteiger partial charge in [-0.25, -0.2) is 4.79 Å². The first-order valence-electron chi connectivity index (χ1n) is 23.0. The van der Waals surface area contributed by atoms with Crippen molar-refractivity contribution in [1.82, 2.24) is 9.13 Å². The van der Waals surface area contributed by atoms with Crippen LogP contribution in [0.1, 0.15) is 103 Å². The lowest BCUT2D eigenvalue weighted by atomic mass is 9.71. The van der Waals surface area contributed by atoms with E-state index in [4.69, 9.17) is 9.47 Å². The van der Waals surface area contributed by atoms with Gasteiger partial charge in [0.1, 0.15) is 22.8 Å². The average Bonchev–Trinajstić information content (AvgIpc) is 3.64. The van der Waals surface area contributed by atoms with Crippen LogP contribution in [0, 0.1) is 6.92 Å². The van der Waals surface area contributed by atoms with E-state index >= 15 is 0 Å². The topological polar surface area (TPSA) is 114 Å². The summed E-state index contributed by atoms with van der Waals surface area (Å²) in [6, 6.07) is 57.2. The largest absolute Gasteiger partial charge is 0.487 e. The number of ketones is 4. The molecule has 0 fully saturated rings. The van der Waals surface area contributed by atoms with Gasteiger partial charge in [-0.2, -0.15) is 0 Å². The lowest BCUT2D eigenvalue weighted by Crippen LogP contribution is -2.47. The zero-order valence-electron chi connectivity index (χ0n) is 39.7. The standard InChI is InChI=1S/C61H50N2O7/c1-39-11-13-40(14-12-39)55(64)41-15-21-44(22-16-41)58(67)47-27-33-50(34-28-47)69-51-35-37-52(38-36-51)70-61(4,5)60(2,3)48-29-23-45(24-30-48)56(65)42-17-19-43(20-18-42)57(66)46-25-31-49(32-26-46)63-54-10-8-7-9-53(54)62(6)59(63)68/h7-38H,1-6H3. The first kappa shape index (κ1) is 46.4. The summed E-state index contributed by atoms with van der Waals surface area (Å²) in [5.41, 5.74) is 6.98. The van der Waals surface area contributed by atoms with Crippen LogP contribution >= 0.6 is 0 Å². The van der Waals surface area contributed by atoms with Crippen LogP contribution in [0.5, 0.6) is 17.2 Å². The van der Waals surface area contributed by atoms with Crippen molar-refractivity contribution in [3.63, 3.8) is 0 Å². The van der Waals surface area contributed by atoms with Crippen LogP contribution in [-0.4, -0.2) is 37.9 Å². The van der Waals surface area contributed by atoms with E-state index in [9.17, 15) is 24.0 Å². The number of ether oxygens (including phenoxy) is 2. The number of imidazole rings is 1. The van der Waals surface area contributed by atoms with Crippen LogP contribution in [0.2, 0.25) is 0 Å². The van der Waals surface area contributed by atoms with Gasteiger partial charge in [-0.3, -0.25) is 28.3 Å². The summed E-state index contributed by atoms with van der Waals surface area (Å²) in [5, 5.41) is 0. The van der Waals surface area contributed by atoms with E-state index in [2.05, 4.69) is 13.8 Å². The quantitative estimate of drug-likeness (QED) is 0.0941. The summed E-state index contributed by atoms with van der Waals surface area (Å²) >= 11 is 0.